The Balaban J connectivity index is 1.19. The number of primary amides is 1. The van der Waals surface area contributed by atoms with E-state index in [0.29, 0.717) is 32.8 Å². The fraction of sp³-hybridized carbons (Fsp3) is 0.405. The summed E-state index contributed by atoms with van der Waals surface area (Å²) in [5.41, 5.74) is 19.0. The summed E-state index contributed by atoms with van der Waals surface area (Å²) in [6.07, 6.45) is 6.08. The number of rotatable bonds is 25. The lowest BCUT2D eigenvalue weighted by atomic mass is 9.97. The highest BCUT2D eigenvalue weighted by Gasteiger charge is 2.39. The molecule has 3 aromatic heterocycles. The number of halogens is 1. The van der Waals surface area contributed by atoms with Crippen LogP contribution >= 0.6 is 23.4 Å². The third-order valence-corrected chi connectivity index (χ3v) is 20.9. The van der Waals surface area contributed by atoms with Crippen molar-refractivity contribution >= 4 is 129 Å². The van der Waals surface area contributed by atoms with Crippen molar-refractivity contribution in [1.82, 2.24) is 109 Å². The Kier molecular flexibility index (Phi) is 36.5. The van der Waals surface area contributed by atoms with Crippen LogP contribution in [0.5, 0.6) is 0 Å². The molecule has 41 nitrogen and oxygen atoms in total. The Morgan fingerprint density at radius 1 is 0.541 bits per heavy atom. The molecule has 0 bridgehead atoms. The summed E-state index contributed by atoms with van der Waals surface area (Å²) in [6, 6.07) is 9.81. The van der Waals surface area contributed by atoms with Crippen molar-refractivity contribution in [2.24, 2.45) is 24.2 Å². The van der Waals surface area contributed by atoms with E-state index in [1.54, 1.807) is 74.6 Å². The minimum absolute atomic E-state index is 0.0105. The van der Waals surface area contributed by atoms with Gasteiger partial charge in [0, 0.05) is 101 Å². The first-order chi connectivity index (χ1) is 58.4. The molecule has 11 unspecified atom stereocenters. The number of benzene rings is 4. The molecule has 652 valence electrons. The second-order valence-electron chi connectivity index (χ2n) is 28.8. The van der Waals surface area contributed by atoms with E-state index < -0.39 is 192 Å². The highest BCUT2D eigenvalue weighted by Crippen LogP contribution is 2.22. The van der Waals surface area contributed by atoms with Crippen LogP contribution in [0.15, 0.2) is 135 Å². The zero-order valence-corrected chi connectivity index (χ0v) is 68.8. The summed E-state index contributed by atoms with van der Waals surface area (Å²) < 4.78 is 1.54. The number of guanidine groups is 2. The number of aromatic amines is 2. The average Bonchev–Trinajstić information content (AvgIpc) is 1.74. The molecule has 4 aromatic carbocycles. The maximum atomic E-state index is 15.4. The predicted octanol–water partition coefficient (Wildman–Crippen LogP) is -4.50. The number of carbonyl (C=O) groups is 14. The molecule has 8 rings (SSSR count). The number of likely N-dealkylation sites (N-methyl/N-ethyl adjacent to an activating group) is 1. The van der Waals surface area contributed by atoms with Crippen LogP contribution in [0.25, 0.3) is 10.8 Å². The third-order valence-electron chi connectivity index (χ3n) is 19.6. The molecule has 25 N–H and O–H groups in total. The highest BCUT2D eigenvalue weighted by atomic mass is 35.5. The number of amides is 14. The monoisotopic (exact) mass is 1720 g/mol. The first kappa shape index (κ1) is 94.0. The Morgan fingerprint density at radius 3 is 1.64 bits per heavy atom. The molecule has 1 aliphatic rings. The SMILES string of the molecule is CCC1NC(=O)C(Cc2ccccc2)NC(=O)CSCC(C(=O)NCC(N)=O)NC(=O)C(Cc2cncn2C)NC(=O)C(CCCNC(=N)N)NC(=O)C(Cc2c[nH]cn2)NC(=O)C(Cc2ccc(Cl)cc2)N(C)C(=O)C(CCCNC(=N)N)NC(=O)C(CO)NC(=O)CNC(=O)C(Cc2c[nH]cn2)NC(=O)C(Cc2cccc3ccccc23)NC1=O. The lowest BCUT2D eigenvalue weighted by Crippen LogP contribution is -2.61. The molecule has 1 fully saturated rings. The number of nitrogens with zero attached hydrogens (tertiary/aromatic N) is 5. The Morgan fingerprint density at radius 2 is 1.05 bits per heavy atom. The van der Waals surface area contributed by atoms with Crippen molar-refractivity contribution in [3.05, 3.63) is 173 Å². The molecule has 11 atom stereocenters. The molecule has 0 radical (unpaired) electrons. The molecule has 14 amide bonds. The van der Waals surface area contributed by atoms with Gasteiger partial charge in [-0.25, -0.2) is 15.0 Å². The van der Waals surface area contributed by atoms with E-state index in [1.807, 2.05) is 24.3 Å². The van der Waals surface area contributed by atoms with Crippen molar-refractivity contribution < 1.29 is 72.2 Å². The number of thioether (sulfide) groups is 1. The van der Waals surface area contributed by atoms with Crippen LogP contribution in [-0.2, 0) is 113 Å². The van der Waals surface area contributed by atoms with Gasteiger partial charge < -0.3 is 116 Å². The Hall–Kier alpha value is -13.5. The topological polar surface area (TPSA) is 632 Å². The maximum Gasteiger partial charge on any atom is 0.245 e. The van der Waals surface area contributed by atoms with Gasteiger partial charge in [-0.15, -0.1) is 11.8 Å². The van der Waals surface area contributed by atoms with E-state index >= 15 is 28.8 Å². The van der Waals surface area contributed by atoms with Crippen LogP contribution in [0.3, 0.4) is 0 Å². The Labute approximate surface area is 710 Å². The number of aliphatic hydroxyl groups is 1. The standard InChI is InChI=1S/C79H103ClN26O15S/c1-4-53-69(113)100-57(29-47-17-10-16-46-15-8-9-18-52(46)47)72(116)101-58(30-49-33-86-41-93-49)67(111)92-37-65(109)96-61(38-107)75(119)99-55(20-12-26-90-79(84)85)77(121)106(3)63(28-45-21-23-48(80)24-22-45)76(120)103-59(31-50-34-87-42-94-50)73(117)98-54(19-11-25-89-78(82)83)70(114)102-60(32-51-35-88-43-105(51)2)74(118)104-62(68(112)91-36-64(81)108)39-122-40-66(110)95-56(71(115)97-53)27-44-13-6-5-7-14-44/h5-10,13-18,21-24,33-35,41-43,53-63,107H,4,11-12,19-20,25-32,36-40H2,1-3H3,(H2,81,108)(H,86,93)(H,87,94)(H,91,112)(H,92,111)(H,95,110)(H,96,109)(H,97,115)(H,98,117)(H,99,119)(H,100,113)(H,101,116)(H,102,114)(H,103,120)(H,104,118)(H4,82,83,89)(H4,84,85,90). The van der Waals surface area contributed by atoms with Crippen LogP contribution < -0.4 is 91.6 Å². The van der Waals surface area contributed by atoms with Gasteiger partial charge in [-0.2, -0.15) is 0 Å². The molecule has 7 aromatic rings. The van der Waals surface area contributed by atoms with E-state index in [2.05, 4.69) is 99.4 Å². The van der Waals surface area contributed by atoms with Gasteiger partial charge in [-0.1, -0.05) is 103 Å². The van der Waals surface area contributed by atoms with Gasteiger partial charge >= 0.3 is 0 Å². The van der Waals surface area contributed by atoms with Crippen LogP contribution in [-0.4, -0.2) is 252 Å². The van der Waals surface area contributed by atoms with Crippen LogP contribution in [0.4, 0.5) is 0 Å². The molecule has 0 spiro atoms. The first-order valence-corrected chi connectivity index (χ1v) is 40.6. The maximum absolute atomic E-state index is 15.4. The number of aliphatic hydroxyl groups excluding tert-OH is 1. The fourth-order valence-corrected chi connectivity index (χ4v) is 14.1. The largest absolute Gasteiger partial charge is 0.394 e. The van der Waals surface area contributed by atoms with Crippen molar-refractivity contribution in [2.75, 3.05) is 51.3 Å². The second kappa shape index (κ2) is 47.3. The summed E-state index contributed by atoms with van der Waals surface area (Å²) in [4.78, 5) is 224. The molecule has 0 saturated carbocycles. The summed E-state index contributed by atoms with van der Waals surface area (Å²) in [5, 5.41) is 64.8. The summed E-state index contributed by atoms with van der Waals surface area (Å²) >= 11 is 7.12. The van der Waals surface area contributed by atoms with Crippen molar-refractivity contribution in [3.63, 3.8) is 0 Å². The number of aromatic nitrogens is 6. The number of carbonyl (C=O) groups excluding carboxylic acids is 14. The molecule has 0 aliphatic carbocycles. The number of aryl methyl sites for hydroxylation is 1. The molecule has 4 heterocycles. The first-order valence-electron chi connectivity index (χ1n) is 39.1. The smallest absolute Gasteiger partial charge is 0.245 e. The third kappa shape index (κ3) is 29.8. The predicted molar refractivity (Wildman–Crippen MR) is 449 cm³/mol. The molecule has 43 heteroatoms. The normalized spacial score (nSPS) is 21.7. The van der Waals surface area contributed by atoms with E-state index in [1.165, 1.54) is 61.3 Å². The molecule has 1 aliphatic heterocycles. The molecule has 122 heavy (non-hydrogen) atoms. The van der Waals surface area contributed by atoms with Gasteiger partial charge in [0.25, 0.3) is 0 Å². The lowest BCUT2D eigenvalue weighted by molar-refractivity contribution is -0.143. The van der Waals surface area contributed by atoms with Gasteiger partial charge in [0.2, 0.25) is 82.7 Å². The number of hydrogen-bond donors (Lipinski definition) is 22. The molecular weight excluding hydrogens is 1620 g/mol. The van der Waals surface area contributed by atoms with E-state index in [9.17, 15) is 43.5 Å². The minimum atomic E-state index is -1.84. The van der Waals surface area contributed by atoms with Gasteiger partial charge in [-0.3, -0.25) is 77.9 Å². The van der Waals surface area contributed by atoms with E-state index in [4.69, 9.17) is 39.6 Å². The van der Waals surface area contributed by atoms with Crippen LogP contribution in [0.2, 0.25) is 5.02 Å². The number of nitrogens with two attached hydrogens (primary N) is 3. The number of imidazole rings is 3. The summed E-state index contributed by atoms with van der Waals surface area (Å²) in [5.74, 6) is -15.3. The van der Waals surface area contributed by atoms with Gasteiger partial charge in [0.05, 0.1) is 55.8 Å². The van der Waals surface area contributed by atoms with Crippen molar-refractivity contribution in [2.45, 2.75) is 144 Å². The number of fused-ring (bicyclic) bond motifs is 1. The number of hydrogen-bond acceptors (Lipinski definition) is 21. The molecule has 1 saturated heterocycles. The van der Waals surface area contributed by atoms with Gasteiger partial charge in [0.15, 0.2) is 11.9 Å². The summed E-state index contributed by atoms with van der Waals surface area (Å²) in [7, 11) is 2.84. The van der Waals surface area contributed by atoms with Crippen LogP contribution in [0.1, 0.15) is 72.8 Å². The van der Waals surface area contributed by atoms with Gasteiger partial charge in [0.1, 0.15) is 66.5 Å². The van der Waals surface area contributed by atoms with E-state index in [0.717, 1.165) is 22.0 Å². The Bertz CT molecular complexity index is 4790. The second-order valence-corrected chi connectivity index (χ2v) is 30.2. The summed E-state index contributed by atoms with van der Waals surface area (Å²) in [6.45, 7) is -1.17. The lowest BCUT2D eigenvalue weighted by Gasteiger charge is -2.33. The fourth-order valence-electron chi connectivity index (χ4n) is 13.1. The zero-order chi connectivity index (χ0) is 88.4. The van der Waals surface area contributed by atoms with Crippen molar-refractivity contribution in [3.8, 4) is 0 Å². The number of nitrogens with one attached hydrogen (secondary N) is 18. The van der Waals surface area contributed by atoms with Crippen LogP contribution in [0, 0.1) is 10.8 Å². The average molecular weight is 1720 g/mol. The number of H-pyrrole nitrogens is 2. The quantitative estimate of drug-likeness (QED) is 0.0146. The van der Waals surface area contributed by atoms with Crippen molar-refractivity contribution in [1.29, 1.82) is 10.8 Å². The zero-order valence-electron chi connectivity index (χ0n) is 67.2. The molecular formula is C79H103ClN26O15S. The highest BCUT2D eigenvalue weighted by molar-refractivity contribution is 8.00. The van der Waals surface area contributed by atoms with Gasteiger partial charge in [-0.05, 0) is 71.7 Å². The van der Waals surface area contributed by atoms with E-state index in [-0.39, 0.29) is 95.1 Å². The minimum Gasteiger partial charge on any atom is -0.394 e.